The van der Waals surface area contributed by atoms with Crippen LogP contribution in [-0.2, 0) is 19.6 Å². The molecule has 0 heterocycles. The van der Waals surface area contributed by atoms with E-state index in [2.05, 4.69) is 10.1 Å². The van der Waals surface area contributed by atoms with Crippen molar-refractivity contribution in [1.82, 2.24) is 9.62 Å². The van der Waals surface area contributed by atoms with Gasteiger partial charge in [0.1, 0.15) is 11.4 Å². The molecular weight excluding hydrogens is 339 g/mol. The number of methoxy groups -OCH3 is 1. The van der Waals surface area contributed by atoms with Gasteiger partial charge >= 0.3 is 5.97 Å². The average Bonchev–Trinajstić information content (AvgIpc) is 2.50. The summed E-state index contributed by atoms with van der Waals surface area (Å²) >= 11 is 0. The lowest BCUT2D eigenvalue weighted by atomic mass is 10.2. The van der Waals surface area contributed by atoms with Gasteiger partial charge in [0.25, 0.3) is 0 Å². The zero-order valence-corrected chi connectivity index (χ0v) is 14.8. The van der Waals surface area contributed by atoms with Gasteiger partial charge in [0.2, 0.25) is 15.9 Å². The van der Waals surface area contributed by atoms with Crippen molar-refractivity contribution in [3.05, 3.63) is 29.6 Å². The molecular formula is C15H21FN2O5S. The van der Waals surface area contributed by atoms with Crippen LogP contribution in [0.15, 0.2) is 23.1 Å². The van der Waals surface area contributed by atoms with Gasteiger partial charge in [-0.2, -0.15) is 4.31 Å². The molecule has 0 fully saturated rings. The molecule has 9 heteroatoms. The van der Waals surface area contributed by atoms with Crippen LogP contribution >= 0.6 is 0 Å². The molecule has 0 atom stereocenters. The van der Waals surface area contributed by atoms with Crippen molar-refractivity contribution in [3.8, 4) is 0 Å². The Bertz CT molecular complexity index is 719. The summed E-state index contributed by atoms with van der Waals surface area (Å²) < 4.78 is 44.8. The highest BCUT2D eigenvalue weighted by Crippen LogP contribution is 2.23. The van der Waals surface area contributed by atoms with Gasteiger partial charge in [0.05, 0.1) is 18.6 Å². The fourth-order valence-corrected chi connectivity index (χ4v) is 3.65. The second kappa shape index (κ2) is 8.20. The first-order chi connectivity index (χ1) is 11.1. The van der Waals surface area contributed by atoms with Crippen LogP contribution in [0, 0.1) is 5.82 Å². The Morgan fingerprint density at radius 1 is 1.33 bits per heavy atom. The average molecular weight is 360 g/mol. The molecule has 0 aliphatic carbocycles. The van der Waals surface area contributed by atoms with Crippen molar-refractivity contribution in [2.75, 3.05) is 20.2 Å². The number of hydrogen-bond acceptors (Lipinski definition) is 5. The Labute approximate surface area is 140 Å². The molecule has 0 aromatic heterocycles. The Morgan fingerprint density at radius 3 is 2.46 bits per heavy atom. The van der Waals surface area contributed by atoms with Crippen molar-refractivity contribution in [1.29, 1.82) is 0 Å². The van der Waals surface area contributed by atoms with E-state index in [4.69, 9.17) is 0 Å². The summed E-state index contributed by atoms with van der Waals surface area (Å²) in [5, 5.41) is 2.58. The van der Waals surface area contributed by atoms with E-state index in [-0.39, 0.29) is 12.6 Å². The van der Waals surface area contributed by atoms with Crippen LogP contribution in [0.5, 0.6) is 0 Å². The zero-order chi connectivity index (χ0) is 18.5. The number of esters is 1. The normalized spacial score (nSPS) is 11.6. The van der Waals surface area contributed by atoms with Crippen molar-refractivity contribution in [3.63, 3.8) is 0 Å². The SMILES string of the molecule is CCN(CC(=O)NC(C)C)S(=O)(=O)c1cccc(F)c1C(=O)OC. The Balaban J connectivity index is 3.30. The third kappa shape index (κ3) is 4.51. The molecule has 0 bridgehead atoms. The van der Waals surface area contributed by atoms with Crippen molar-refractivity contribution >= 4 is 21.9 Å². The molecule has 1 rings (SSSR count). The van der Waals surface area contributed by atoms with Crippen molar-refractivity contribution in [2.24, 2.45) is 0 Å². The largest absolute Gasteiger partial charge is 0.465 e. The molecule has 0 aliphatic rings. The molecule has 0 saturated carbocycles. The maximum atomic E-state index is 14.0. The third-order valence-electron chi connectivity index (χ3n) is 3.11. The van der Waals surface area contributed by atoms with Crippen LogP contribution in [0.1, 0.15) is 31.1 Å². The topological polar surface area (TPSA) is 92.8 Å². The van der Waals surface area contributed by atoms with Gasteiger partial charge in [-0.05, 0) is 26.0 Å². The molecule has 0 aliphatic heterocycles. The molecule has 0 spiro atoms. The van der Waals surface area contributed by atoms with Crippen LogP contribution in [0.3, 0.4) is 0 Å². The summed E-state index contributed by atoms with van der Waals surface area (Å²) in [7, 11) is -3.23. The quantitative estimate of drug-likeness (QED) is 0.736. The number of sulfonamides is 1. The third-order valence-corrected chi connectivity index (χ3v) is 5.07. The molecule has 0 saturated heterocycles. The highest BCUT2D eigenvalue weighted by atomic mass is 32.2. The first-order valence-electron chi connectivity index (χ1n) is 7.31. The number of halogens is 1. The van der Waals surface area contributed by atoms with E-state index in [0.717, 1.165) is 23.5 Å². The van der Waals surface area contributed by atoms with Crippen molar-refractivity contribution in [2.45, 2.75) is 31.7 Å². The lowest BCUT2D eigenvalue weighted by molar-refractivity contribution is -0.121. The molecule has 0 radical (unpaired) electrons. The molecule has 7 nitrogen and oxygen atoms in total. The smallest absolute Gasteiger partial charge is 0.342 e. The van der Waals surface area contributed by atoms with Crippen LogP contribution in [0.2, 0.25) is 0 Å². The summed E-state index contributed by atoms with van der Waals surface area (Å²) in [6.45, 7) is 4.56. The number of carbonyl (C=O) groups is 2. The molecule has 134 valence electrons. The van der Waals surface area contributed by atoms with Crippen LogP contribution in [0.25, 0.3) is 0 Å². The van der Waals surface area contributed by atoms with Crippen LogP contribution in [-0.4, -0.2) is 50.8 Å². The molecule has 24 heavy (non-hydrogen) atoms. The predicted molar refractivity (Wildman–Crippen MR) is 85.5 cm³/mol. The summed E-state index contributed by atoms with van der Waals surface area (Å²) in [4.78, 5) is 23.1. The highest BCUT2D eigenvalue weighted by molar-refractivity contribution is 7.89. The van der Waals surface area contributed by atoms with Crippen molar-refractivity contribution < 1.29 is 27.1 Å². The number of amides is 1. The van der Waals surface area contributed by atoms with E-state index in [1.807, 2.05) is 0 Å². The number of likely N-dealkylation sites (N-methyl/N-ethyl adjacent to an activating group) is 1. The molecule has 1 N–H and O–H groups in total. The lowest BCUT2D eigenvalue weighted by Gasteiger charge is -2.22. The zero-order valence-electron chi connectivity index (χ0n) is 14.0. The summed E-state index contributed by atoms with van der Waals surface area (Å²) in [6.07, 6.45) is 0. The first-order valence-corrected chi connectivity index (χ1v) is 8.75. The van der Waals surface area contributed by atoms with E-state index >= 15 is 0 Å². The van der Waals surface area contributed by atoms with Gasteiger partial charge in [0.15, 0.2) is 0 Å². The van der Waals surface area contributed by atoms with Gasteiger partial charge in [-0.3, -0.25) is 4.79 Å². The van der Waals surface area contributed by atoms with E-state index in [1.165, 1.54) is 13.0 Å². The predicted octanol–water partition coefficient (Wildman–Crippen LogP) is 1.15. The molecule has 1 aromatic rings. The Morgan fingerprint density at radius 2 is 1.96 bits per heavy atom. The number of benzene rings is 1. The summed E-state index contributed by atoms with van der Waals surface area (Å²) in [5.41, 5.74) is -0.678. The van der Waals surface area contributed by atoms with E-state index in [9.17, 15) is 22.4 Å². The monoisotopic (exact) mass is 360 g/mol. The van der Waals surface area contributed by atoms with Gasteiger partial charge < -0.3 is 10.1 Å². The minimum atomic E-state index is -4.26. The van der Waals surface area contributed by atoms with Gasteiger partial charge in [-0.1, -0.05) is 13.0 Å². The number of carbonyl (C=O) groups excluding carboxylic acids is 2. The number of rotatable bonds is 7. The number of nitrogens with one attached hydrogen (secondary N) is 1. The standard InChI is InChI=1S/C15H21FN2O5S/c1-5-18(9-13(19)17-10(2)3)24(21,22)12-8-6-7-11(16)14(12)15(20)23-4/h6-8,10H,5,9H2,1-4H3,(H,17,19). The van der Waals surface area contributed by atoms with E-state index in [0.29, 0.717) is 0 Å². The minimum absolute atomic E-state index is 0.0228. The number of nitrogens with zero attached hydrogens (tertiary/aromatic N) is 1. The maximum Gasteiger partial charge on any atom is 0.342 e. The molecule has 1 aromatic carbocycles. The number of hydrogen-bond donors (Lipinski definition) is 1. The Kier molecular flexibility index (Phi) is 6.85. The summed E-state index contributed by atoms with van der Waals surface area (Å²) in [5.74, 6) is -2.61. The van der Waals surface area contributed by atoms with Gasteiger partial charge in [0, 0.05) is 12.6 Å². The summed E-state index contributed by atoms with van der Waals surface area (Å²) in [6, 6.07) is 3.09. The number of ether oxygens (including phenoxy) is 1. The second-order valence-electron chi connectivity index (χ2n) is 5.26. The fraction of sp³-hybridized carbons (Fsp3) is 0.467. The van der Waals surface area contributed by atoms with E-state index in [1.54, 1.807) is 13.8 Å². The lowest BCUT2D eigenvalue weighted by Crippen LogP contribution is -2.43. The van der Waals surface area contributed by atoms with Crippen LogP contribution < -0.4 is 5.32 Å². The second-order valence-corrected chi connectivity index (χ2v) is 7.16. The maximum absolute atomic E-state index is 14.0. The first kappa shape index (κ1) is 20.0. The van der Waals surface area contributed by atoms with E-state index < -0.39 is 44.7 Å². The molecule has 1 amide bonds. The Hall–Kier alpha value is -2.00. The van der Waals surface area contributed by atoms with Gasteiger partial charge in [-0.25, -0.2) is 17.6 Å². The highest BCUT2D eigenvalue weighted by Gasteiger charge is 2.31. The van der Waals surface area contributed by atoms with Crippen LogP contribution in [0.4, 0.5) is 4.39 Å². The fourth-order valence-electron chi connectivity index (χ4n) is 2.05. The minimum Gasteiger partial charge on any atom is -0.465 e. The molecule has 0 unspecified atom stereocenters. The van der Waals surface area contributed by atoms with Gasteiger partial charge in [-0.15, -0.1) is 0 Å².